The third-order valence-electron chi connectivity index (χ3n) is 10.9. The molecule has 2 aliphatic heterocycles. The Bertz CT molecular complexity index is 1880. The van der Waals surface area contributed by atoms with Gasteiger partial charge in [0.05, 0.1) is 18.1 Å². The van der Waals surface area contributed by atoms with Gasteiger partial charge in [-0.05, 0) is 64.4 Å². The number of rotatable bonds is 10. The Labute approximate surface area is 292 Å². The van der Waals surface area contributed by atoms with Gasteiger partial charge in [-0.25, -0.2) is 0 Å². The lowest BCUT2D eigenvalue weighted by Crippen LogP contribution is -2.66. The predicted molar refractivity (Wildman–Crippen MR) is 202 cm³/mol. The lowest BCUT2D eigenvalue weighted by atomic mass is 9.75. The number of H-pyrrole nitrogens is 1. The molecule has 1 aromatic heterocycles. The van der Waals surface area contributed by atoms with Crippen LogP contribution in [0.3, 0.4) is 0 Å². The molecule has 0 aliphatic carbocycles. The van der Waals surface area contributed by atoms with Gasteiger partial charge in [-0.1, -0.05) is 143 Å². The zero-order valence-electron chi connectivity index (χ0n) is 29.2. The summed E-state index contributed by atoms with van der Waals surface area (Å²) in [5.41, 5.74) is 3.92. The number of aromatic nitrogens is 1. The Morgan fingerprint density at radius 1 is 0.898 bits per heavy atom. The number of amides is 1. The molecule has 0 saturated carbocycles. The third-order valence-corrected chi connectivity index (χ3v) is 16.0. The normalized spacial score (nSPS) is 21.5. The van der Waals surface area contributed by atoms with Crippen molar-refractivity contribution in [2.24, 2.45) is 5.41 Å². The van der Waals surface area contributed by atoms with Crippen molar-refractivity contribution in [2.75, 3.05) is 13.2 Å². The molecule has 3 heterocycles. The van der Waals surface area contributed by atoms with Crippen LogP contribution < -0.4 is 10.4 Å². The maximum absolute atomic E-state index is 14.4. The second-order valence-corrected chi connectivity index (χ2v) is 18.9. The zero-order valence-corrected chi connectivity index (χ0v) is 30.2. The Kier molecular flexibility index (Phi) is 9.22. The summed E-state index contributed by atoms with van der Waals surface area (Å²) in [4.78, 5) is 20.2. The minimum Gasteiger partial charge on any atom is -0.407 e. The topological polar surface area (TPSA) is 54.6 Å². The Balaban J connectivity index is 1.20. The molecule has 252 valence electrons. The second-order valence-electron chi connectivity index (χ2n) is 14.6. The van der Waals surface area contributed by atoms with Crippen molar-refractivity contribution in [1.29, 1.82) is 0 Å². The first-order chi connectivity index (χ1) is 23.8. The summed E-state index contributed by atoms with van der Waals surface area (Å²) in [6.07, 6.45) is 7.29. The molecule has 5 aromatic rings. The molecule has 0 radical (unpaired) electrons. The SMILES string of the molecule is CC[C@]1(/C=C/c2[nH]c3ccccc3c2CCO[Si](c2ccccc2)(c2ccccc2)C(C)(C)C)CC[C@@H]2OC[C@@H](c3ccccc3)N2C1=O. The summed E-state index contributed by atoms with van der Waals surface area (Å²) in [6, 6.07) is 40.4. The van der Waals surface area contributed by atoms with Gasteiger partial charge in [0.1, 0.15) is 6.23 Å². The molecule has 7 rings (SSSR count). The van der Waals surface area contributed by atoms with E-state index < -0.39 is 13.7 Å². The summed E-state index contributed by atoms with van der Waals surface area (Å²) >= 11 is 0. The molecule has 3 atom stereocenters. The van der Waals surface area contributed by atoms with E-state index in [0.29, 0.717) is 13.2 Å². The van der Waals surface area contributed by atoms with Crippen molar-refractivity contribution in [3.05, 3.63) is 138 Å². The number of nitrogens with zero attached hydrogens (tertiary/aromatic N) is 1. The van der Waals surface area contributed by atoms with Crippen molar-refractivity contribution in [2.45, 2.75) is 70.7 Å². The number of carbonyl (C=O) groups excluding carboxylic acids is 1. The molecule has 2 fully saturated rings. The minimum absolute atomic E-state index is 0.0550. The van der Waals surface area contributed by atoms with E-state index in [-0.39, 0.29) is 23.2 Å². The van der Waals surface area contributed by atoms with Crippen LogP contribution in [0.15, 0.2) is 121 Å². The monoisotopic (exact) mass is 668 g/mol. The Morgan fingerprint density at radius 3 is 2.14 bits per heavy atom. The summed E-state index contributed by atoms with van der Waals surface area (Å²) < 4.78 is 13.5. The van der Waals surface area contributed by atoms with Crippen molar-refractivity contribution < 1.29 is 14.0 Å². The van der Waals surface area contributed by atoms with Crippen LogP contribution in [0.5, 0.6) is 0 Å². The van der Waals surface area contributed by atoms with Gasteiger partial charge >= 0.3 is 0 Å². The first-order valence-electron chi connectivity index (χ1n) is 17.8. The maximum atomic E-state index is 14.4. The molecule has 49 heavy (non-hydrogen) atoms. The first kappa shape index (κ1) is 33.3. The molecule has 4 aromatic carbocycles. The van der Waals surface area contributed by atoms with E-state index in [0.717, 1.165) is 42.5 Å². The molecule has 2 saturated heterocycles. The van der Waals surface area contributed by atoms with Gasteiger partial charge in [-0.15, -0.1) is 0 Å². The van der Waals surface area contributed by atoms with Crippen LogP contribution in [-0.2, 0) is 20.4 Å². The Hall–Kier alpha value is -4.23. The molecular formula is C43H48N2O3Si. The van der Waals surface area contributed by atoms with E-state index in [2.05, 4.69) is 142 Å². The predicted octanol–water partition coefficient (Wildman–Crippen LogP) is 8.42. The molecule has 0 unspecified atom stereocenters. The number of nitrogens with one attached hydrogen (secondary N) is 1. The molecule has 1 amide bonds. The molecule has 0 spiro atoms. The van der Waals surface area contributed by atoms with Gasteiger partial charge in [0.15, 0.2) is 0 Å². The number of para-hydroxylation sites is 1. The maximum Gasteiger partial charge on any atom is 0.261 e. The largest absolute Gasteiger partial charge is 0.407 e. The van der Waals surface area contributed by atoms with Gasteiger partial charge in [-0.3, -0.25) is 4.79 Å². The van der Waals surface area contributed by atoms with Crippen LogP contribution in [0.4, 0.5) is 0 Å². The minimum atomic E-state index is -2.68. The molecule has 6 heteroatoms. The quantitative estimate of drug-likeness (QED) is 0.152. The third kappa shape index (κ3) is 6.00. The summed E-state index contributed by atoms with van der Waals surface area (Å²) in [5, 5.41) is 3.67. The second kappa shape index (κ2) is 13.6. The molecule has 5 nitrogen and oxygen atoms in total. The number of ether oxygens (including phenoxy) is 1. The van der Waals surface area contributed by atoms with E-state index in [1.54, 1.807) is 0 Å². The lowest BCUT2D eigenvalue weighted by molar-refractivity contribution is -0.154. The van der Waals surface area contributed by atoms with E-state index in [4.69, 9.17) is 9.16 Å². The standard InChI is InChI=1S/C43H48N2O3Si/c1-5-43(29-26-40-45(41(43)46)39(31-47-40)32-17-9-6-10-18-32)28-25-38-36(35-23-15-16-24-37(35)44-38)27-30-48-49(42(2,3)4,33-19-11-7-12-20-33)34-21-13-8-14-22-34/h6-25,28,39-40,44H,5,26-27,29-31H2,1-4H3/b28-25+/t39-,40-,43-/m0/s1. The molecular weight excluding hydrogens is 621 g/mol. The van der Waals surface area contributed by atoms with Crippen molar-refractivity contribution >= 4 is 41.6 Å². The zero-order chi connectivity index (χ0) is 34.1. The number of piperidine rings is 1. The fourth-order valence-corrected chi connectivity index (χ4v) is 12.8. The Morgan fingerprint density at radius 2 is 1.51 bits per heavy atom. The summed E-state index contributed by atoms with van der Waals surface area (Å²) in [5.74, 6) is 0.168. The highest BCUT2D eigenvalue weighted by Crippen LogP contribution is 2.46. The van der Waals surface area contributed by atoms with Gasteiger partial charge in [0.2, 0.25) is 5.91 Å². The average Bonchev–Trinajstić information content (AvgIpc) is 3.73. The first-order valence-corrected chi connectivity index (χ1v) is 19.7. The smallest absolute Gasteiger partial charge is 0.261 e. The van der Waals surface area contributed by atoms with Crippen LogP contribution in [0.25, 0.3) is 17.0 Å². The molecule has 2 aliphatic rings. The summed E-state index contributed by atoms with van der Waals surface area (Å²) in [6.45, 7) is 10.2. The van der Waals surface area contributed by atoms with E-state index >= 15 is 0 Å². The fraction of sp³-hybridized carbons (Fsp3) is 0.326. The van der Waals surface area contributed by atoms with Crippen LogP contribution >= 0.6 is 0 Å². The van der Waals surface area contributed by atoms with E-state index in [1.807, 2.05) is 23.1 Å². The van der Waals surface area contributed by atoms with Gasteiger partial charge in [-0.2, -0.15) is 0 Å². The van der Waals surface area contributed by atoms with Crippen molar-refractivity contribution in [1.82, 2.24) is 9.88 Å². The lowest BCUT2D eigenvalue weighted by Gasteiger charge is -2.43. The van der Waals surface area contributed by atoms with E-state index in [9.17, 15) is 4.79 Å². The number of hydrogen-bond donors (Lipinski definition) is 1. The highest BCUT2D eigenvalue weighted by Gasteiger charge is 2.51. The highest BCUT2D eigenvalue weighted by atomic mass is 28.4. The van der Waals surface area contributed by atoms with Crippen molar-refractivity contribution in [3.8, 4) is 0 Å². The van der Waals surface area contributed by atoms with E-state index in [1.165, 1.54) is 21.3 Å². The summed E-state index contributed by atoms with van der Waals surface area (Å²) in [7, 11) is -2.68. The van der Waals surface area contributed by atoms with Crippen LogP contribution in [0, 0.1) is 5.41 Å². The molecule has 1 N–H and O–H groups in total. The highest BCUT2D eigenvalue weighted by molar-refractivity contribution is 6.99. The van der Waals surface area contributed by atoms with Gasteiger partial charge in [0, 0.05) is 23.2 Å². The molecule has 0 bridgehead atoms. The van der Waals surface area contributed by atoms with Crippen LogP contribution in [0.2, 0.25) is 5.04 Å². The number of benzene rings is 4. The number of carbonyl (C=O) groups is 1. The van der Waals surface area contributed by atoms with Crippen molar-refractivity contribution in [3.63, 3.8) is 0 Å². The number of aromatic amines is 1. The fourth-order valence-electron chi connectivity index (χ4n) is 8.28. The average molecular weight is 669 g/mol. The number of fused-ring (bicyclic) bond motifs is 2. The van der Waals surface area contributed by atoms with Gasteiger partial charge in [0.25, 0.3) is 8.32 Å². The van der Waals surface area contributed by atoms with Crippen LogP contribution in [0.1, 0.15) is 69.8 Å². The van der Waals surface area contributed by atoms with Gasteiger partial charge < -0.3 is 19.0 Å². The number of hydrogen-bond acceptors (Lipinski definition) is 3. The van der Waals surface area contributed by atoms with Crippen LogP contribution in [-0.4, -0.2) is 43.6 Å².